The molecular weight excluding hydrogens is 172 g/mol. The van der Waals surface area contributed by atoms with Crippen molar-refractivity contribution in [3.63, 3.8) is 0 Å². The third kappa shape index (κ3) is 4.04. The smallest absolute Gasteiger partial charge is 0.158 e. The minimum atomic E-state index is -0.284. The first-order chi connectivity index (χ1) is 6.36. The van der Waals surface area contributed by atoms with Gasteiger partial charge in [-0.25, -0.2) is 0 Å². The quantitative estimate of drug-likeness (QED) is 0.653. The summed E-state index contributed by atoms with van der Waals surface area (Å²) >= 11 is 0. The summed E-state index contributed by atoms with van der Waals surface area (Å²) in [5.74, 6) is 0. The Hall–Kier alpha value is -0.160. The maximum atomic E-state index is 8.90. The van der Waals surface area contributed by atoms with Crippen LogP contribution in [0.1, 0.15) is 25.7 Å². The van der Waals surface area contributed by atoms with E-state index < -0.39 is 0 Å². The summed E-state index contributed by atoms with van der Waals surface area (Å²) in [5.41, 5.74) is 0. The van der Waals surface area contributed by atoms with E-state index in [1.54, 1.807) is 0 Å². The highest BCUT2D eigenvalue weighted by Crippen LogP contribution is 2.16. The van der Waals surface area contributed by atoms with E-state index in [-0.39, 0.29) is 25.6 Å². The number of aliphatic hydroxyl groups excluding tert-OH is 2. The van der Waals surface area contributed by atoms with Gasteiger partial charge in [0.1, 0.15) is 0 Å². The molecule has 13 heavy (non-hydrogen) atoms. The molecule has 0 aliphatic carbocycles. The number of hydrogen-bond donors (Lipinski definition) is 2. The molecule has 0 bridgehead atoms. The van der Waals surface area contributed by atoms with E-state index in [4.69, 9.17) is 19.7 Å². The molecule has 1 saturated heterocycles. The minimum Gasteiger partial charge on any atom is -0.396 e. The zero-order valence-electron chi connectivity index (χ0n) is 7.82. The molecule has 1 unspecified atom stereocenters. The van der Waals surface area contributed by atoms with E-state index in [1.165, 1.54) is 0 Å². The maximum Gasteiger partial charge on any atom is 0.158 e. The van der Waals surface area contributed by atoms with Gasteiger partial charge in [0.25, 0.3) is 0 Å². The van der Waals surface area contributed by atoms with Crippen LogP contribution >= 0.6 is 0 Å². The second-order valence-corrected chi connectivity index (χ2v) is 3.25. The van der Waals surface area contributed by atoms with Crippen molar-refractivity contribution in [1.82, 2.24) is 0 Å². The maximum absolute atomic E-state index is 8.90. The zero-order valence-corrected chi connectivity index (χ0v) is 7.82. The number of rotatable bonds is 5. The summed E-state index contributed by atoms with van der Waals surface area (Å²) in [5, 5.41) is 17.6. The molecule has 0 aromatic carbocycles. The van der Waals surface area contributed by atoms with E-state index >= 15 is 0 Å². The topological polar surface area (TPSA) is 58.9 Å². The van der Waals surface area contributed by atoms with Crippen molar-refractivity contribution in [3.05, 3.63) is 0 Å². The van der Waals surface area contributed by atoms with Crippen molar-refractivity contribution >= 4 is 0 Å². The summed E-state index contributed by atoms with van der Waals surface area (Å²) in [4.78, 5) is 0. The Bertz CT molecular complexity index is 120. The highest BCUT2D eigenvalue weighted by Gasteiger charge is 2.18. The fourth-order valence-electron chi connectivity index (χ4n) is 1.38. The summed E-state index contributed by atoms with van der Waals surface area (Å²) in [6.45, 7) is 0.723. The Morgan fingerprint density at radius 2 is 2.23 bits per heavy atom. The second-order valence-electron chi connectivity index (χ2n) is 3.25. The molecule has 2 N–H and O–H groups in total. The first-order valence-electron chi connectivity index (χ1n) is 4.85. The van der Waals surface area contributed by atoms with Crippen molar-refractivity contribution in [1.29, 1.82) is 0 Å². The highest BCUT2D eigenvalue weighted by molar-refractivity contribution is 4.60. The van der Waals surface area contributed by atoms with Crippen LogP contribution in [0.5, 0.6) is 0 Å². The number of ether oxygens (including phenoxy) is 2. The second kappa shape index (κ2) is 6.32. The van der Waals surface area contributed by atoms with E-state index in [2.05, 4.69) is 0 Å². The molecular formula is C9H18O4. The molecule has 0 saturated carbocycles. The third-order valence-corrected chi connectivity index (χ3v) is 2.14. The van der Waals surface area contributed by atoms with Gasteiger partial charge < -0.3 is 19.7 Å². The highest BCUT2D eigenvalue weighted by atomic mass is 16.7. The SMILES string of the molecule is OCC[C@@H](CO)OC1CCCCO1. The lowest BCUT2D eigenvalue weighted by atomic mass is 10.2. The van der Waals surface area contributed by atoms with Gasteiger partial charge in [0.2, 0.25) is 0 Å². The summed E-state index contributed by atoms with van der Waals surface area (Å²) < 4.78 is 10.8. The van der Waals surface area contributed by atoms with Crippen LogP contribution < -0.4 is 0 Å². The molecule has 1 heterocycles. The van der Waals surface area contributed by atoms with Crippen LogP contribution in [0.15, 0.2) is 0 Å². The molecule has 1 aliphatic rings. The van der Waals surface area contributed by atoms with Crippen molar-refractivity contribution < 1.29 is 19.7 Å². The summed E-state index contributed by atoms with van der Waals surface area (Å²) in [6.07, 6.45) is 3.09. The van der Waals surface area contributed by atoms with Gasteiger partial charge in [-0.2, -0.15) is 0 Å². The fraction of sp³-hybridized carbons (Fsp3) is 1.00. The molecule has 78 valence electrons. The Kier molecular flexibility index (Phi) is 5.31. The first-order valence-corrected chi connectivity index (χ1v) is 4.85. The van der Waals surface area contributed by atoms with Gasteiger partial charge in [0.05, 0.1) is 12.7 Å². The van der Waals surface area contributed by atoms with Crippen LogP contribution in [0.3, 0.4) is 0 Å². The Balaban J connectivity index is 2.18. The molecule has 2 atom stereocenters. The molecule has 0 radical (unpaired) electrons. The van der Waals surface area contributed by atoms with Crippen molar-refractivity contribution in [3.8, 4) is 0 Å². The summed E-state index contributed by atoms with van der Waals surface area (Å²) in [6, 6.07) is 0. The van der Waals surface area contributed by atoms with Crippen LogP contribution in [-0.4, -0.2) is 42.4 Å². The lowest BCUT2D eigenvalue weighted by Crippen LogP contribution is -2.30. The molecule has 1 rings (SSSR count). The Morgan fingerprint density at radius 1 is 1.38 bits per heavy atom. The van der Waals surface area contributed by atoms with E-state index in [9.17, 15) is 0 Å². The largest absolute Gasteiger partial charge is 0.396 e. The number of aliphatic hydroxyl groups is 2. The molecule has 4 nitrogen and oxygen atoms in total. The van der Waals surface area contributed by atoms with Gasteiger partial charge in [-0.3, -0.25) is 0 Å². The van der Waals surface area contributed by atoms with Crippen molar-refractivity contribution in [2.45, 2.75) is 38.1 Å². The minimum absolute atomic E-state index is 0.0396. The monoisotopic (exact) mass is 190 g/mol. The van der Waals surface area contributed by atoms with Crippen molar-refractivity contribution in [2.24, 2.45) is 0 Å². The Morgan fingerprint density at radius 3 is 2.77 bits per heavy atom. The average Bonchev–Trinajstić information content (AvgIpc) is 2.19. The predicted octanol–water partition coefficient (Wildman–Crippen LogP) is 0.273. The van der Waals surface area contributed by atoms with Crippen LogP contribution in [0.25, 0.3) is 0 Å². The van der Waals surface area contributed by atoms with Crippen LogP contribution in [0.2, 0.25) is 0 Å². The normalized spacial score (nSPS) is 25.8. The van der Waals surface area contributed by atoms with Crippen LogP contribution in [0.4, 0.5) is 0 Å². The fourth-order valence-corrected chi connectivity index (χ4v) is 1.38. The number of hydrogen-bond acceptors (Lipinski definition) is 4. The molecule has 0 spiro atoms. The van der Waals surface area contributed by atoms with Gasteiger partial charge in [0, 0.05) is 13.2 Å². The molecule has 4 heteroatoms. The lowest BCUT2D eigenvalue weighted by molar-refractivity contribution is -0.197. The molecule has 0 aromatic heterocycles. The van der Waals surface area contributed by atoms with Crippen LogP contribution in [-0.2, 0) is 9.47 Å². The molecule has 1 aliphatic heterocycles. The molecule has 1 fully saturated rings. The standard InChI is InChI=1S/C9H18O4/c10-5-4-8(7-11)13-9-3-1-2-6-12-9/h8-11H,1-7H2/t8-,9?/m0/s1. The van der Waals surface area contributed by atoms with Gasteiger partial charge >= 0.3 is 0 Å². The Labute approximate surface area is 78.5 Å². The van der Waals surface area contributed by atoms with Gasteiger partial charge in [-0.1, -0.05) is 0 Å². The van der Waals surface area contributed by atoms with E-state index in [1.807, 2.05) is 0 Å². The first kappa shape index (κ1) is 10.9. The summed E-state index contributed by atoms with van der Waals surface area (Å²) in [7, 11) is 0. The zero-order chi connectivity index (χ0) is 9.52. The van der Waals surface area contributed by atoms with Crippen molar-refractivity contribution in [2.75, 3.05) is 19.8 Å². The van der Waals surface area contributed by atoms with Gasteiger partial charge in [-0.05, 0) is 25.7 Å². The van der Waals surface area contributed by atoms with Crippen LogP contribution in [0, 0.1) is 0 Å². The van der Waals surface area contributed by atoms with Gasteiger partial charge in [0.15, 0.2) is 6.29 Å². The average molecular weight is 190 g/mol. The molecule has 0 amide bonds. The van der Waals surface area contributed by atoms with Gasteiger partial charge in [-0.15, -0.1) is 0 Å². The third-order valence-electron chi connectivity index (χ3n) is 2.14. The van der Waals surface area contributed by atoms with E-state index in [0.717, 1.165) is 25.9 Å². The molecule has 0 aromatic rings. The van der Waals surface area contributed by atoms with E-state index in [0.29, 0.717) is 6.42 Å². The predicted molar refractivity (Wildman–Crippen MR) is 47.3 cm³/mol. The lowest BCUT2D eigenvalue weighted by Gasteiger charge is -2.26.